The molecule has 0 rings (SSSR count). The Kier molecular flexibility index (Phi) is 3.56. The first-order valence-corrected chi connectivity index (χ1v) is 3.01. The van der Waals surface area contributed by atoms with E-state index in [4.69, 9.17) is 0 Å². The third-order valence-corrected chi connectivity index (χ3v) is 1.11. The lowest BCUT2D eigenvalue weighted by atomic mass is 10.5. The van der Waals surface area contributed by atoms with E-state index in [1.165, 1.54) is 0 Å². The highest BCUT2D eigenvalue weighted by molar-refractivity contribution is 4.66. The Morgan fingerprint density at radius 1 is 1.08 bits per heavy atom. The molecule has 0 aliphatic carbocycles. The molecule has 2 nitrogen and oxygen atoms in total. The van der Waals surface area contributed by atoms with E-state index in [0.717, 1.165) is 14.1 Å². The summed E-state index contributed by atoms with van der Waals surface area (Å²) in [4.78, 5) is -0.0105. The van der Waals surface area contributed by atoms with E-state index in [1.807, 2.05) is 0 Å². The Bertz CT molecular complexity index is 167. The van der Waals surface area contributed by atoms with Crippen LogP contribution in [0.4, 0.5) is 26.3 Å². The van der Waals surface area contributed by atoms with Gasteiger partial charge in [0.2, 0.25) is 0 Å². The zero-order valence-corrected chi connectivity index (χ0v) is 6.70. The standard InChI is InChI=1S/C5H7F6NO/c1-12(2)4(7,8)3(6)13-5(9,10)11/h3H,1-2H3. The van der Waals surface area contributed by atoms with Crippen molar-refractivity contribution in [1.29, 1.82) is 0 Å². The second-order valence-electron chi connectivity index (χ2n) is 2.36. The van der Waals surface area contributed by atoms with Gasteiger partial charge in [-0.15, -0.1) is 13.2 Å². The van der Waals surface area contributed by atoms with Gasteiger partial charge in [-0.05, 0) is 14.1 Å². The summed E-state index contributed by atoms with van der Waals surface area (Å²) in [7, 11) is 1.46. The predicted octanol–water partition coefficient (Wildman–Crippen LogP) is 1.97. The van der Waals surface area contributed by atoms with Crippen LogP contribution in [-0.4, -0.2) is 37.8 Å². The maximum absolute atomic E-state index is 12.4. The van der Waals surface area contributed by atoms with Crippen LogP contribution in [-0.2, 0) is 4.74 Å². The minimum absolute atomic E-state index is 0.0105. The predicted molar refractivity (Wildman–Crippen MR) is 30.7 cm³/mol. The second kappa shape index (κ2) is 3.70. The lowest BCUT2D eigenvalue weighted by Gasteiger charge is -2.26. The molecule has 0 bridgehead atoms. The van der Waals surface area contributed by atoms with E-state index in [9.17, 15) is 26.3 Å². The summed E-state index contributed by atoms with van der Waals surface area (Å²) in [6.45, 7) is 0. The fraction of sp³-hybridized carbons (Fsp3) is 1.00. The minimum Gasteiger partial charge on any atom is -0.249 e. The molecule has 13 heavy (non-hydrogen) atoms. The molecule has 0 radical (unpaired) electrons. The third-order valence-electron chi connectivity index (χ3n) is 1.11. The van der Waals surface area contributed by atoms with Crippen LogP contribution < -0.4 is 0 Å². The number of alkyl halides is 6. The molecule has 0 N–H and O–H groups in total. The van der Waals surface area contributed by atoms with E-state index in [1.54, 1.807) is 0 Å². The molecule has 0 saturated carbocycles. The lowest BCUT2D eigenvalue weighted by molar-refractivity contribution is -0.400. The summed E-state index contributed by atoms with van der Waals surface area (Å²) < 4.78 is 73.3. The smallest absolute Gasteiger partial charge is 0.249 e. The number of hydrogen-bond acceptors (Lipinski definition) is 2. The Balaban J connectivity index is 4.34. The molecular weight excluding hydrogens is 204 g/mol. The molecular formula is C5H7F6NO. The molecule has 1 atom stereocenters. The monoisotopic (exact) mass is 211 g/mol. The van der Waals surface area contributed by atoms with Crippen LogP contribution in [0.2, 0.25) is 0 Å². The van der Waals surface area contributed by atoms with Crippen LogP contribution in [0.25, 0.3) is 0 Å². The zero-order valence-electron chi connectivity index (χ0n) is 6.70. The van der Waals surface area contributed by atoms with Gasteiger partial charge in [0.05, 0.1) is 0 Å². The molecule has 80 valence electrons. The number of likely N-dealkylation sites (N-methyl/N-ethyl adjacent to an activating group) is 1. The van der Waals surface area contributed by atoms with Crippen molar-refractivity contribution in [3.05, 3.63) is 0 Å². The summed E-state index contributed by atoms with van der Waals surface area (Å²) in [5.41, 5.74) is 0. The molecule has 0 fully saturated rings. The average Bonchev–Trinajstić information content (AvgIpc) is 1.82. The van der Waals surface area contributed by atoms with Crippen molar-refractivity contribution in [1.82, 2.24) is 4.90 Å². The summed E-state index contributed by atoms with van der Waals surface area (Å²) in [6, 6.07) is -4.31. The Morgan fingerprint density at radius 2 is 1.46 bits per heavy atom. The average molecular weight is 211 g/mol. The van der Waals surface area contributed by atoms with Crippen molar-refractivity contribution < 1.29 is 31.1 Å². The quantitative estimate of drug-likeness (QED) is 0.522. The van der Waals surface area contributed by atoms with Crippen LogP contribution in [0.5, 0.6) is 0 Å². The summed E-state index contributed by atoms with van der Waals surface area (Å²) >= 11 is 0. The molecule has 8 heteroatoms. The molecule has 0 aromatic carbocycles. The van der Waals surface area contributed by atoms with E-state index >= 15 is 0 Å². The van der Waals surface area contributed by atoms with Gasteiger partial charge in [-0.2, -0.15) is 8.78 Å². The molecule has 0 amide bonds. The first kappa shape index (κ1) is 12.5. The number of halogens is 6. The Labute approximate surface area is 70.1 Å². The van der Waals surface area contributed by atoms with Crippen LogP contribution in [0.1, 0.15) is 0 Å². The van der Waals surface area contributed by atoms with Gasteiger partial charge < -0.3 is 0 Å². The fourth-order valence-electron chi connectivity index (χ4n) is 0.391. The molecule has 0 saturated heterocycles. The zero-order chi connectivity index (χ0) is 10.9. The molecule has 0 aliphatic heterocycles. The van der Waals surface area contributed by atoms with E-state index in [-0.39, 0.29) is 4.90 Å². The maximum atomic E-state index is 12.4. The highest BCUT2D eigenvalue weighted by atomic mass is 19.4. The Hall–Kier alpha value is -0.500. The van der Waals surface area contributed by atoms with Crippen molar-refractivity contribution in [2.75, 3.05) is 14.1 Å². The molecule has 0 aromatic rings. The van der Waals surface area contributed by atoms with E-state index in [2.05, 4.69) is 4.74 Å². The van der Waals surface area contributed by atoms with Gasteiger partial charge in [-0.25, -0.2) is 14.0 Å². The van der Waals surface area contributed by atoms with E-state index in [0.29, 0.717) is 0 Å². The van der Waals surface area contributed by atoms with Crippen LogP contribution in [0.15, 0.2) is 0 Å². The lowest BCUT2D eigenvalue weighted by Crippen LogP contribution is -2.47. The van der Waals surface area contributed by atoms with Gasteiger partial charge in [-0.1, -0.05) is 0 Å². The third kappa shape index (κ3) is 3.81. The van der Waals surface area contributed by atoms with Crippen molar-refractivity contribution >= 4 is 0 Å². The van der Waals surface area contributed by atoms with Gasteiger partial charge in [-0.3, -0.25) is 0 Å². The minimum atomic E-state index is -5.42. The number of hydrogen-bond donors (Lipinski definition) is 0. The summed E-state index contributed by atoms with van der Waals surface area (Å²) in [5, 5.41) is 0. The molecule has 0 aromatic heterocycles. The number of nitrogens with zero attached hydrogens (tertiary/aromatic N) is 1. The van der Waals surface area contributed by atoms with Gasteiger partial charge >= 0.3 is 12.4 Å². The second-order valence-corrected chi connectivity index (χ2v) is 2.36. The van der Waals surface area contributed by atoms with Gasteiger partial charge in [0.25, 0.3) is 6.36 Å². The summed E-state index contributed by atoms with van der Waals surface area (Å²) in [6.07, 6.45) is -9.15. The first-order valence-electron chi connectivity index (χ1n) is 3.01. The van der Waals surface area contributed by atoms with E-state index < -0.39 is 18.8 Å². The van der Waals surface area contributed by atoms with Gasteiger partial charge in [0.15, 0.2) is 0 Å². The van der Waals surface area contributed by atoms with Gasteiger partial charge in [0.1, 0.15) is 0 Å². The normalized spacial score (nSPS) is 16.4. The van der Waals surface area contributed by atoms with Crippen LogP contribution >= 0.6 is 0 Å². The number of rotatable bonds is 3. The molecule has 0 spiro atoms. The Morgan fingerprint density at radius 3 is 1.69 bits per heavy atom. The SMILES string of the molecule is CN(C)C(F)(F)C(F)OC(F)(F)F. The largest absolute Gasteiger partial charge is 0.525 e. The van der Waals surface area contributed by atoms with Crippen LogP contribution in [0.3, 0.4) is 0 Å². The maximum Gasteiger partial charge on any atom is 0.525 e. The van der Waals surface area contributed by atoms with Crippen molar-refractivity contribution in [2.45, 2.75) is 18.8 Å². The highest BCUT2D eigenvalue weighted by Gasteiger charge is 2.49. The molecule has 0 heterocycles. The molecule has 0 aliphatic rings. The fourth-order valence-corrected chi connectivity index (χ4v) is 0.391. The van der Waals surface area contributed by atoms with Crippen LogP contribution in [0, 0.1) is 0 Å². The highest BCUT2D eigenvalue weighted by Crippen LogP contribution is 2.30. The molecule has 1 unspecified atom stereocenters. The summed E-state index contributed by atoms with van der Waals surface area (Å²) in [5.74, 6) is 0. The number of ether oxygens (including phenoxy) is 1. The topological polar surface area (TPSA) is 12.5 Å². The van der Waals surface area contributed by atoms with Crippen molar-refractivity contribution in [3.8, 4) is 0 Å². The first-order chi connectivity index (χ1) is 5.57. The van der Waals surface area contributed by atoms with Crippen molar-refractivity contribution in [2.24, 2.45) is 0 Å². The van der Waals surface area contributed by atoms with Crippen molar-refractivity contribution in [3.63, 3.8) is 0 Å². The van der Waals surface area contributed by atoms with Gasteiger partial charge in [0, 0.05) is 0 Å².